The number of aliphatic imine (C=N–C) groups is 1. The van der Waals surface area contributed by atoms with Crippen LogP contribution in [0, 0.1) is 5.82 Å². The Morgan fingerprint density at radius 1 is 1.58 bits per heavy atom. The van der Waals surface area contributed by atoms with Crippen molar-refractivity contribution in [3.05, 3.63) is 27.4 Å². The van der Waals surface area contributed by atoms with Gasteiger partial charge in [0, 0.05) is 4.47 Å². The first-order valence-electron chi connectivity index (χ1n) is 2.87. The normalized spacial score (nSPS) is 9.25. The van der Waals surface area contributed by atoms with E-state index >= 15 is 0 Å². The molecule has 12 heavy (non-hydrogen) atoms. The number of halogens is 3. The van der Waals surface area contributed by atoms with E-state index in [2.05, 4.69) is 20.9 Å². The van der Waals surface area contributed by atoms with Gasteiger partial charge in [-0.2, -0.15) is 4.99 Å². The molecule has 0 aliphatic carbocycles. The summed E-state index contributed by atoms with van der Waals surface area (Å²) in [5.74, 6) is -0.655. The van der Waals surface area contributed by atoms with Gasteiger partial charge in [-0.05, 0) is 12.1 Å². The average molecular weight is 250 g/mol. The van der Waals surface area contributed by atoms with Gasteiger partial charge in [0.15, 0.2) is 5.82 Å². The molecule has 0 spiro atoms. The lowest BCUT2D eigenvalue weighted by atomic mass is 10.3. The Balaban J connectivity index is 3.37. The first kappa shape index (κ1) is 9.39. The van der Waals surface area contributed by atoms with Gasteiger partial charge in [0.05, 0.1) is 5.02 Å². The van der Waals surface area contributed by atoms with Gasteiger partial charge < -0.3 is 0 Å². The van der Waals surface area contributed by atoms with Gasteiger partial charge in [-0.1, -0.05) is 27.5 Å². The lowest BCUT2D eigenvalue weighted by Gasteiger charge is -1.98. The Morgan fingerprint density at radius 3 is 2.75 bits per heavy atom. The third-order valence-electron chi connectivity index (χ3n) is 1.14. The Labute approximate surface area is 81.2 Å². The van der Waals surface area contributed by atoms with Gasteiger partial charge in [0.2, 0.25) is 6.08 Å². The minimum Gasteiger partial charge on any atom is -0.211 e. The van der Waals surface area contributed by atoms with Gasteiger partial charge in [-0.3, -0.25) is 0 Å². The molecule has 0 radical (unpaired) electrons. The molecule has 0 unspecified atom stereocenters. The molecule has 0 fully saturated rings. The molecule has 0 saturated heterocycles. The zero-order valence-electron chi connectivity index (χ0n) is 5.64. The molecule has 0 aliphatic heterocycles. The largest absolute Gasteiger partial charge is 0.240 e. The van der Waals surface area contributed by atoms with Gasteiger partial charge in [-0.25, -0.2) is 9.18 Å². The highest BCUT2D eigenvalue weighted by atomic mass is 79.9. The van der Waals surface area contributed by atoms with Crippen molar-refractivity contribution < 1.29 is 9.18 Å². The molecule has 0 bridgehead atoms. The molecule has 5 heteroatoms. The molecular formula is C7H2BrClFNO. The van der Waals surface area contributed by atoms with E-state index in [1.54, 1.807) is 0 Å². The highest BCUT2D eigenvalue weighted by molar-refractivity contribution is 9.10. The fourth-order valence-electron chi connectivity index (χ4n) is 0.687. The minimum atomic E-state index is -0.655. The summed E-state index contributed by atoms with van der Waals surface area (Å²) in [7, 11) is 0. The zero-order chi connectivity index (χ0) is 9.14. The highest BCUT2D eigenvalue weighted by Crippen LogP contribution is 2.30. The van der Waals surface area contributed by atoms with Crippen LogP contribution in [0.3, 0.4) is 0 Å². The number of benzene rings is 1. The predicted molar refractivity (Wildman–Crippen MR) is 46.9 cm³/mol. The fraction of sp³-hybridized carbons (Fsp3) is 0. The molecular weight excluding hydrogens is 248 g/mol. The quantitative estimate of drug-likeness (QED) is 0.556. The van der Waals surface area contributed by atoms with Crippen LogP contribution in [0.15, 0.2) is 21.6 Å². The van der Waals surface area contributed by atoms with Crippen molar-refractivity contribution >= 4 is 39.3 Å². The fourth-order valence-corrected chi connectivity index (χ4v) is 1.50. The molecule has 1 aromatic carbocycles. The number of carbonyl (C=O) groups excluding carboxylic acids is 1. The molecule has 2 nitrogen and oxygen atoms in total. The van der Waals surface area contributed by atoms with Crippen LogP contribution in [0.1, 0.15) is 0 Å². The van der Waals surface area contributed by atoms with E-state index < -0.39 is 5.82 Å². The first-order chi connectivity index (χ1) is 5.65. The molecule has 1 aromatic rings. The van der Waals surface area contributed by atoms with Crippen molar-refractivity contribution in [2.75, 3.05) is 0 Å². The summed E-state index contributed by atoms with van der Waals surface area (Å²) >= 11 is 8.60. The average Bonchev–Trinajstić information content (AvgIpc) is 1.96. The molecule has 0 aliphatic rings. The maximum absolute atomic E-state index is 12.9. The summed E-state index contributed by atoms with van der Waals surface area (Å²) in [5, 5.41) is 0.0743. The Kier molecular flexibility index (Phi) is 2.98. The summed E-state index contributed by atoms with van der Waals surface area (Å²) in [4.78, 5) is 12.9. The van der Waals surface area contributed by atoms with E-state index in [0.29, 0.717) is 4.47 Å². The lowest BCUT2D eigenvalue weighted by molar-refractivity contribution is 0.564. The van der Waals surface area contributed by atoms with Crippen molar-refractivity contribution in [2.45, 2.75) is 0 Å². The summed E-state index contributed by atoms with van der Waals surface area (Å²) < 4.78 is 13.4. The van der Waals surface area contributed by atoms with Crippen LogP contribution in [-0.2, 0) is 4.79 Å². The van der Waals surface area contributed by atoms with Crippen molar-refractivity contribution in [1.82, 2.24) is 0 Å². The molecule has 1 rings (SSSR count). The van der Waals surface area contributed by atoms with Gasteiger partial charge >= 0.3 is 0 Å². The van der Waals surface area contributed by atoms with Gasteiger partial charge in [-0.15, -0.1) is 0 Å². The second-order valence-corrected chi connectivity index (χ2v) is 3.24. The summed E-state index contributed by atoms with van der Waals surface area (Å²) in [5.41, 5.74) is -0.185. The Morgan fingerprint density at radius 2 is 2.25 bits per heavy atom. The van der Waals surface area contributed by atoms with Crippen LogP contribution in [-0.4, -0.2) is 6.08 Å². The number of nitrogens with zero attached hydrogens (tertiary/aromatic N) is 1. The third-order valence-corrected chi connectivity index (χ3v) is 1.89. The van der Waals surface area contributed by atoms with Gasteiger partial charge in [0.25, 0.3) is 0 Å². The smallest absolute Gasteiger partial charge is 0.211 e. The zero-order valence-corrected chi connectivity index (χ0v) is 7.99. The topological polar surface area (TPSA) is 29.4 Å². The standard InChI is InChI=1S/C7H2BrClFNO/c8-4-1-5(9)7(11-3-12)6(10)2-4/h1-2H. The van der Waals surface area contributed by atoms with Crippen LogP contribution < -0.4 is 0 Å². The van der Waals surface area contributed by atoms with E-state index in [4.69, 9.17) is 11.6 Å². The predicted octanol–water partition coefficient (Wildman–Crippen LogP) is 3.21. The van der Waals surface area contributed by atoms with Crippen molar-refractivity contribution in [3.63, 3.8) is 0 Å². The number of rotatable bonds is 1. The number of hydrogen-bond donors (Lipinski definition) is 0. The minimum absolute atomic E-state index is 0.0743. The highest BCUT2D eigenvalue weighted by Gasteiger charge is 2.07. The van der Waals surface area contributed by atoms with E-state index in [1.165, 1.54) is 18.2 Å². The molecule has 0 saturated carbocycles. The second kappa shape index (κ2) is 3.81. The molecule has 0 heterocycles. The van der Waals surface area contributed by atoms with Crippen LogP contribution in [0.5, 0.6) is 0 Å². The van der Waals surface area contributed by atoms with Crippen LogP contribution in [0.4, 0.5) is 10.1 Å². The Hall–Kier alpha value is -0.700. The third kappa shape index (κ3) is 1.91. The lowest BCUT2D eigenvalue weighted by Crippen LogP contribution is -1.77. The van der Waals surface area contributed by atoms with Crippen molar-refractivity contribution in [1.29, 1.82) is 0 Å². The maximum Gasteiger partial charge on any atom is 0.240 e. The van der Waals surface area contributed by atoms with E-state index in [9.17, 15) is 9.18 Å². The number of isocyanates is 1. The number of hydrogen-bond acceptors (Lipinski definition) is 2. The van der Waals surface area contributed by atoms with E-state index in [-0.39, 0.29) is 10.7 Å². The van der Waals surface area contributed by atoms with E-state index in [0.717, 1.165) is 0 Å². The molecule has 0 N–H and O–H groups in total. The van der Waals surface area contributed by atoms with Crippen LogP contribution in [0.25, 0.3) is 0 Å². The molecule has 0 aromatic heterocycles. The molecule has 0 amide bonds. The SMILES string of the molecule is O=C=Nc1c(F)cc(Br)cc1Cl. The monoisotopic (exact) mass is 249 g/mol. The Bertz CT molecular complexity index is 339. The maximum atomic E-state index is 12.9. The first-order valence-corrected chi connectivity index (χ1v) is 4.04. The summed E-state index contributed by atoms with van der Waals surface area (Å²) in [6.45, 7) is 0. The van der Waals surface area contributed by atoms with Crippen molar-refractivity contribution in [3.8, 4) is 0 Å². The van der Waals surface area contributed by atoms with Crippen LogP contribution in [0.2, 0.25) is 5.02 Å². The second-order valence-electron chi connectivity index (χ2n) is 1.92. The summed E-state index contributed by atoms with van der Waals surface area (Å²) in [6, 6.07) is 2.61. The summed E-state index contributed by atoms with van der Waals surface area (Å²) in [6.07, 6.45) is 1.22. The van der Waals surface area contributed by atoms with Gasteiger partial charge in [0.1, 0.15) is 5.69 Å². The van der Waals surface area contributed by atoms with E-state index in [1.807, 2.05) is 0 Å². The van der Waals surface area contributed by atoms with Crippen molar-refractivity contribution in [2.24, 2.45) is 4.99 Å². The molecule has 0 atom stereocenters. The molecule has 62 valence electrons. The van der Waals surface area contributed by atoms with Crippen LogP contribution >= 0.6 is 27.5 Å².